The predicted molar refractivity (Wildman–Crippen MR) is 91.0 cm³/mol. The molecule has 0 atom stereocenters. The van der Waals surface area contributed by atoms with Crippen LogP contribution < -0.4 is 4.90 Å². The first kappa shape index (κ1) is 15.4. The van der Waals surface area contributed by atoms with Crippen molar-refractivity contribution in [3.8, 4) is 0 Å². The van der Waals surface area contributed by atoms with Gasteiger partial charge in [0.1, 0.15) is 5.82 Å². The molecule has 0 aromatic carbocycles. The van der Waals surface area contributed by atoms with Crippen LogP contribution in [0.4, 0.5) is 5.82 Å². The average molecular weight is 328 g/mol. The van der Waals surface area contributed by atoms with E-state index >= 15 is 0 Å². The highest BCUT2D eigenvalue weighted by Gasteiger charge is 2.19. The molecule has 7 heteroatoms. The van der Waals surface area contributed by atoms with Gasteiger partial charge in [-0.25, -0.2) is 0 Å². The number of aromatic nitrogens is 4. The summed E-state index contributed by atoms with van der Waals surface area (Å²) in [4.78, 5) is 16.5. The van der Waals surface area contributed by atoms with Crippen LogP contribution in [-0.4, -0.2) is 56.8 Å². The zero-order valence-electron chi connectivity index (χ0n) is 14.0. The molecule has 4 heterocycles. The number of likely N-dealkylation sites (tertiary alicyclic amines) is 1. The molecule has 2 aromatic heterocycles. The van der Waals surface area contributed by atoms with E-state index in [0.717, 1.165) is 56.3 Å². The van der Waals surface area contributed by atoms with Crippen molar-refractivity contribution in [2.75, 3.05) is 31.1 Å². The number of hydrogen-bond donors (Lipinski definition) is 0. The molecule has 0 N–H and O–H groups in total. The van der Waals surface area contributed by atoms with E-state index in [1.807, 2.05) is 17.0 Å². The summed E-state index contributed by atoms with van der Waals surface area (Å²) in [7, 11) is 0. The molecule has 1 amide bonds. The molecule has 4 rings (SSSR count). The molecule has 0 bridgehead atoms. The van der Waals surface area contributed by atoms with Gasteiger partial charge in [-0.15, -0.1) is 15.3 Å². The number of nitrogens with zero attached hydrogens (tertiary/aromatic N) is 6. The molecule has 2 aliphatic rings. The first-order chi connectivity index (χ1) is 11.8. The minimum absolute atomic E-state index is 0.219. The number of fused-ring (bicyclic) bond motifs is 1. The third-order valence-electron chi connectivity index (χ3n) is 5.01. The van der Waals surface area contributed by atoms with Crippen LogP contribution in [-0.2, 0) is 11.2 Å². The van der Waals surface area contributed by atoms with Crippen LogP contribution in [0.5, 0.6) is 0 Å². The van der Waals surface area contributed by atoms with Crippen molar-refractivity contribution in [1.29, 1.82) is 0 Å². The zero-order chi connectivity index (χ0) is 16.4. The summed E-state index contributed by atoms with van der Waals surface area (Å²) in [5.74, 6) is 1.97. The van der Waals surface area contributed by atoms with E-state index in [2.05, 4.69) is 15.1 Å². The summed E-state index contributed by atoms with van der Waals surface area (Å²) < 4.78 is 1.81. The van der Waals surface area contributed by atoms with Gasteiger partial charge in [0.05, 0.1) is 0 Å². The Labute approximate surface area is 141 Å². The predicted octanol–water partition coefficient (Wildman–Crippen LogP) is 1.67. The number of amides is 1. The summed E-state index contributed by atoms with van der Waals surface area (Å²) >= 11 is 0. The minimum atomic E-state index is 0.219. The Balaban J connectivity index is 1.49. The van der Waals surface area contributed by atoms with E-state index < -0.39 is 0 Å². The van der Waals surface area contributed by atoms with Crippen LogP contribution in [0.2, 0.25) is 0 Å². The van der Waals surface area contributed by atoms with Crippen molar-refractivity contribution in [2.24, 2.45) is 0 Å². The van der Waals surface area contributed by atoms with Gasteiger partial charge >= 0.3 is 0 Å². The Morgan fingerprint density at radius 2 is 1.71 bits per heavy atom. The molecule has 2 aromatic rings. The van der Waals surface area contributed by atoms with Crippen molar-refractivity contribution >= 4 is 17.4 Å². The smallest absolute Gasteiger partial charge is 0.223 e. The molecule has 0 radical (unpaired) electrons. The minimum Gasteiger partial charge on any atom is -0.355 e. The zero-order valence-corrected chi connectivity index (χ0v) is 14.0. The maximum Gasteiger partial charge on any atom is 0.223 e. The normalized spacial score (nSPS) is 18.5. The third kappa shape index (κ3) is 3.07. The molecule has 2 saturated heterocycles. The van der Waals surface area contributed by atoms with Gasteiger partial charge in [0.15, 0.2) is 11.5 Å². The van der Waals surface area contributed by atoms with Gasteiger partial charge in [-0.05, 0) is 44.2 Å². The molecule has 0 unspecified atom stereocenters. The van der Waals surface area contributed by atoms with Gasteiger partial charge in [-0.3, -0.25) is 4.79 Å². The van der Waals surface area contributed by atoms with E-state index in [-0.39, 0.29) is 5.91 Å². The molecule has 7 nitrogen and oxygen atoms in total. The summed E-state index contributed by atoms with van der Waals surface area (Å²) in [5.41, 5.74) is 0.749. The highest BCUT2D eigenvalue weighted by atomic mass is 16.2. The fraction of sp³-hybridized carbons (Fsp3) is 0.647. The van der Waals surface area contributed by atoms with E-state index in [1.165, 1.54) is 19.3 Å². The second kappa shape index (κ2) is 6.75. The van der Waals surface area contributed by atoms with Gasteiger partial charge in [0.25, 0.3) is 0 Å². The molecule has 0 saturated carbocycles. The van der Waals surface area contributed by atoms with Crippen LogP contribution in [0.15, 0.2) is 12.1 Å². The Kier molecular flexibility index (Phi) is 4.32. The summed E-state index contributed by atoms with van der Waals surface area (Å²) in [6.45, 7) is 3.92. The fourth-order valence-corrected chi connectivity index (χ4v) is 3.61. The van der Waals surface area contributed by atoms with Crippen molar-refractivity contribution in [3.63, 3.8) is 0 Å². The monoisotopic (exact) mass is 328 g/mol. The number of anilines is 1. The molecule has 2 fully saturated rings. The highest BCUT2D eigenvalue weighted by Crippen LogP contribution is 2.18. The van der Waals surface area contributed by atoms with Crippen LogP contribution in [0.3, 0.4) is 0 Å². The lowest BCUT2D eigenvalue weighted by atomic mass is 10.1. The van der Waals surface area contributed by atoms with Gasteiger partial charge in [0.2, 0.25) is 5.91 Å². The Bertz CT molecular complexity index is 715. The molecule has 128 valence electrons. The lowest BCUT2D eigenvalue weighted by Gasteiger charge is -2.27. The van der Waals surface area contributed by atoms with Crippen molar-refractivity contribution in [1.82, 2.24) is 24.7 Å². The largest absolute Gasteiger partial charge is 0.355 e. The number of aryl methyl sites for hydroxylation is 1. The molecular weight excluding hydrogens is 304 g/mol. The second-order valence-electron chi connectivity index (χ2n) is 6.71. The molecule has 0 spiro atoms. The van der Waals surface area contributed by atoms with Crippen molar-refractivity contribution in [3.05, 3.63) is 18.0 Å². The second-order valence-corrected chi connectivity index (χ2v) is 6.71. The Morgan fingerprint density at radius 3 is 2.50 bits per heavy atom. The number of carbonyl (C=O) groups is 1. The Morgan fingerprint density at radius 1 is 0.958 bits per heavy atom. The molecular formula is C17H24N6O. The van der Waals surface area contributed by atoms with Crippen LogP contribution >= 0.6 is 0 Å². The van der Waals surface area contributed by atoms with Gasteiger partial charge in [-0.1, -0.05) is 0 Å². The first-order valence-electron chi connectivity index (χ1n) is 9.05. The van der Waals surface area contributed by atoms with Crippen LogP contribution in [0.25, 0.3) is 5.65 Å². The van der Waals surface area contributed by atoms with Gasteiger partial charge in [0, 0.05) is 39.0 Å². The van der Waals surface area contributed by atoms with E-state index in [0.29, 0.717) is 12.8 Å². The highest BCUT2D eigenvalue weighted by molar-refractivity contribution is 5.76. The van der Waals surface area contributed by atoms with Crippen LogP contribution in [0.1, 0.15) is 44.3 Å². The standard InChI is InChI=1S/C17H24N6O/c24-17(22-12-4-5-13-22)9-8-15-19-18-14-6-7-16(20-23(14)15)21-10-2-1-3-11-21/h6-7H,1-5,8-13H2. The van der Waals surface area contributed by atoms with Crippen molar-refractivity contribution in [2.45, 2.75) is 44.9 Å². The van der Waals surface area contributed by atoms with E-state index in [4.69, 9.17) is 5.10 Å². The quantitative estimate of drug-likeness (QED) is 0.854. The maximum atomic E-state index is 12.2. The Hall–Kier alpha value is -2.18. The molecule has 2 aliphatic heterocycles. The number of rotatable bonds is 4. The number of carbonyl (C=O) groups excluding carboxylic acids is 1. The topological polar surface area (TPSA) is 66.6 Å². The molecule has 0 aliphatic carbocycles. The molecule has 24 heavy (non-hydrogen) atoms. The van der Waals surface area contributed by atoms with Crippen molar-refractivity contribution < 1.29 is 4.79 Å². The summed E-state index contributed by atoms with van der Waals surface area (Å²) in [6, 6.07) is 3.99. The van der Waals surface area contributed by atoms with Gasteiger partial charge < -0.3 is 9.80 Å². The maximum absolute atomic E-state index is 12.2. The lowest BCUT2D eigenvalue weighted by Crippen LogP contribution is -2.30. The van der Waals surface area contributed by atoms with E-state index in [1.54, 1.807) is 4.52 Å². The first-order valence-corrected chi connectivity index (χ1v) is 9.05. The average Bonchev–Trinajstić information content (AvgIpc) is 3.30. The summed E-state index contributed by atoms with van der Waals surface area (Å²) in [5, 5.41) is 13.2. The van der Waals surface area contributed by atoms with E-state index in [9.17, 15) is 4.79 Å². The fourth-order valence-electron chi connectivity index (χ4n) is 3.61. The third-order valence-corrected chi connectivity index (χ3v) is 5.01. The van der Waals surface area contributed by atoms with Gasteiger partial charge in [-0.2, -0.15) is 4.52 Å². The SMILES string of the molecule is O=C(CCc1nnc2ccc(N3CCCCC3)nn12)N1CCCC1. The summed E-state index contributed by atoms with van der Waals surface area (Å²) in [6.07, 6.45) is 7.07. The number of hydrogen-bond acceptors (Lipinski definition) is 5. The number of piperidine rings is 1. The lowest BCUT2D eigenvalue weighted by molar-refractivity contribution is -0.130. The van der Waals surface area contributed by atoms with Crippen LogP contribution in [0, 0.1) is 0 Å².